The summed E-state index contributed by atoms with van der Waals surface area (Å²) in [7, 11) is 0. The Hall–Kier alpha value is -0.990. The molecule has 0 bridgehead atoms. The van der Waals surface area contributed by atoms with Gasteiger partial charge in [0.1, 0.15) is 5.75 Å². The third-order valence-electron chi connectivity index (χ3n) is 1.60. The summed E-state index contributed by atoms with van der Waals surface area (Å²) in [6.45, 7) is 3.53. The zero-order chi connectivity index (χ0) is 9.14. The van der Waals surface area contributed by atoms with Gasteiger partial charge in [-0.3, -0.25) is 0 Å². The molecule has 0 aliphatic heterocycles. The van der Waals surface area contributed by atoms with Crippen LogP contribution in [0.25, 0.3) is 0 Å². The minimum atomic E-state index is -0.372. The third kappa shape index (κ3) is 1.78. The Labute approximate surface area is 76.3 Å². The molecule has 0 heterocycles. The molecule has 1 aromatic carbocycles. The number of aromatic hydroxyl groups is 1. The number of halogens is 1. The lowest BCUT2D eigenvalue weighted by atomic mass is 10.1. The van der Waals surface area contributed by atoms with Crippen molar-refractivity contribution in [3.63, 3.8) is 0 Å². The van der Waals surface area contributed by atoms with E-state index in [2.05, 4.69) is 6.58 Å². The molecule has 1 aromatic rings. The van der Waals surface area contributed by atoms with Crippen LogP contribution in [0.15, 0.2) is 30.9 Å². The first kappa shape index (κ1) is 9.10. The van der Waals surface area contributed by atoms with E-state index in [4.69, 9.17) is 17.3 Å². The number of nitrogens with two attached hydrogens (primary N) is 1. The van der Waals surface area contributed by atoms with E-state index in [0.717, 1.165) is 0 Å². The number of phenols is 1. The fourth-order valence-corrected chi connectivity index (χ4v) is 1.10. The van der Waals surface area contributed by atoms with E-state index < -0.39 is 0 Å². The summed E-state index contributed by atoms with van der Waals surface area (Å²) in [5.74, 6) is 0.145. The van der Waals surface area contributed by atoms with E-state index >= 15 is 0 Å². The van der Waals surface area contributed by atoms with Gasteiger partial charge in [0.15, 0.2) is 0 Å². The minimum Gasteiger partial charge on any atom is -0.508 e. The average Bonchev–Trinajstić information content (AvgIpc) is 2.08. The molecule has 0 spiro atoms. The second-order valence-corrected chi connectivity index (χ2v) is 2.90. The lowest BCUT2D eigenvalue weighted by molar-refractivity contribution is 0.466. The van der Waals surface area contributed by atoms with Crippen molar-refractivity contribution < 1.29 is 5.11 Å². The fourth-order valence-electron chi connectivity index (χ4n) is 0.919. The lowest BCUT2D eigenvalue weighted by Crippen LogP contribution is -2.06. The van der Waals surface area contributed by atoms with Crippen LogP contribution in [0.3, 0.4) is 0 Å². The van der Waals surface area contributed by atoms with E-state index in [1.54, 1.807) is 18.2 Å². The van der Waals surface area contributed by atoms with Crippen LogP contribution in [0.5, 0.6) is 5.75 Å². The highest BCUT2D eigenvalue weighted by Gasteiger charge is 2.07. The largest absolute Gasteiger partial charge is 0.508 e. The van der Waals surface area contributed by atoms with Gasteiger partial charge in [0.05, 0.1) is 6.04 Å². The molecule has 3 N–H and O–H groups in total. The Morgan fingerprint density at radius 3 is 2.83 bits per heavy atom. The van der Waals surface area contributed by atoms with Gasteiger partial charge in [-0.1, -0.05) is 17.7 Å². The molecular weight excluding hydrogens is 174 g/mol. The Morgan fingerprint density at radius 1 is 1.58 bits per heavy atom. The fraction of sp³-hybridized carbons (Fsp3) is 0.111. The first-order valence-electron chi connectivity index (χ1n) is 3.51. The number of phenolic OH excluding ortho intramolecular Hbond substituents is 1. The zero-order valence-electron chi connectivity index (χ0n) is 6.50. The molecule has 0 radical (unpaired) electrons. The van der Waals surface area contributed by atoms with Crippen LogP contribution in [0.2, 0.25) is 5.02 Å². The lowest BCUT2D eigenvalue weighted by Gasteiger charge is -2.08. The molecule has 0 saturated carbocycles. The molecule has 0 aromatic heterocycles. The van der Waals surface area contributed by atoms with Gasteiger partial charge in [-0.25, -0.2) is 0 Å². The molecule has 0 aliphatic rings. The summed E-state index contributed by atoms with van der Waals surface area (Å²) in [6, 6.07) is 4.38. The van der Waals surface area contributed by atoms with Gasteiger partial charge in [0.2, 0.25) is 0 Å². The van der Waals surface area contributed by atoms with Crippen molar-refractivity contribution in [2.45, 2.75) is 6.04 Å². The second-order valence-electron chi connectivity index (χ2n) is 2.46. The topological polar surface area (TPSA) is 46.2 Å². The van der Waals surface area contributed by atoms with Crippen molar-refractivity contribution in [1.82, 2.24) is 0 Å². The molecule has 1 rings (SSSR count). The van der Waals surface area contributed by atoms with Crippen molar-refractivity contribution in [2.75, 3.05) is 0 Å². The molecule has 0 amide bonds. The van der Waals surface area contributed by atoms with E-state index in [1.807, 2.05) is 0 Å². The molecule has 64 valence electrons. The molecule has 0 saturated heterocycles. The monoisotopic (exact) mass is 183 g/mol. The van der Waals surface area contributed by atoms with E-state index in [-0.39, 0.29) is 11.8 Å². The molecule has 2 nitrogen and oxygen atoms in total. The highest BCUT2D eigenvalue weighted by molar-refractivity contribution is 6.30. The predicted molar refractivity (Wildman–Crippen MR) is 50.2 cm³/mol. The highest BCUT2D eigenvalue weighted by Crippen LogP contribution is 2.26. The molecule has 1 atom stereocenters. The van der Waals surface area contributed by atoms with Crippen molar-refractivity contribution in [3.8, 4) is 5.75 Å². The maximum absolute atomic E-state index is 9.35. The summed E-state index contributed by atoms with van der Waals surface area (Å²) >= 11 is 5.72. The predicted octanol–water partition coefficient (Wildman–Crippen LogP) is 2.23. The van der Waals surface area contributed by atoms with Crippen LogP contribution in [0, 0.1) is 0 Å². The molecule has 0 fully saturated rings. The van der Waals surface area contributed by atoms with Gasteiger partial charge in [0.25, 0.3) is 0 Å². The summed E-state index contributed by atoms with van der Waals surface area (Å²) in [5.41, 5.74) is 6.22. The van der Waals surface area contributed by atoms with Crippen molar-refractivity contribution >= 4 is 11.6 Å². The molecular formula is C9H10ClNO. The van der Waals surface area contributed by atoms with Crippen LogP contribution in [0.1, 0.15) is 11.6 Å². The molecule has 3 heteroatoms. The van der Waals surface area contributed by atoms with Gasteiger partial charge < -0.3 is 10.8 Å². The molecule has 0 unspecified atom stereocenters. The third-order valence-corrected chi connectivity index (χ3v) is 1.84. The maximum atomic E-state index is 9.35. The first-order valence-corrected chi connectivity index (χ1v) is 3.89. The minimum absolute atomic E-state index is 0.145. The quantitative estimate of drug-likeness (QED) is 0.691. The van der Waals surface area contributed by atoms with E-state index in [0.29, 0.717) is 10.6 Å². The number of hydrogen-bond donors (Lipinski definition) is 2. The highest BCUT2D eigenvalue weighted by atomic mass is 35.5. The van der Waals surface area contributed by atoms with Crippen LogP contribution in [-0.4, -0.2) is 5.11 Å². The van der Waals surface area contributed by atoms with Crippen LogP contribution >= 0.6 is 11.6 Å². The van der Waals surface area contributed by atoms with E-state index in [1.165, 1.54) is 6.07 Å². The normalized spacial score (nSPS) is 12.5. The summed E-state index contributed by atoms with van der Waals surface area (Å²) in [6.07, 6.45) is 1.55. The second kappa shape index (κ2) is 3.61. The Balaban J connectivity index is 3.12. The van der Waals surface area contributed by atoms with Crippen LogP contribution < -0.4 is 5.73 Å². The Bertz CT molecular complexity index is 299. The Kier molecular flexibility index (Phi) is 2.74. The first-order chi connectivity index (χ1) is 5.65. The summed E-state index contributed by atoms with van der Waals surface area (Å²) in [4.78, 5) is 0. The molecule has 12 heavy (non-hydrogen) atoms. The average molecular weight is 184 g/mol. The summed E-state index contributed by atoms with van der Waals surface area (Å²) in [5, 5.41) is 9.91. The number of rotatable bonds is 2. The maximum Gasteiger partial charge on any atom is 0.120 e. The Morgan fingerprint density at radius 2 is 2.25 bits per heavy atom. The van der Waals surface area contributed by atoms with Crippen molar-refractivity contribution in [3.05, 3.63) is 41.4 Å². The smallest absolute Gasteiger partial charge is 0.120 e. The van der Waals surface area contributed by atoms with Crippen molar-refractivity contribution in [1.29, 1.82) is 0 Å². The van der Waals surface area contributed by atoms with Crippen LogP contribution in [0.4, 0.5) is 0 Å². The molecule has 0 aliphatic carbocycles. The SMILES string of the molecule is C=C[C@H](N)c1cc(Cl)ccc1O. The van der Waals surface area contributed by atoms with Crippen LogP contribution in [-0.2, 0) is 0 Å². The number of benzene rings is 1. The van der Waals surface area contributed by atoms with Crippen molar-refractivity contribution in [2.24, 2.45) is 5.73 Å². The van der Waals surface area contributed by atoms with Gasteiger partial charge in [0, 0.05) is 10.6 Å². The van der Waals surface area contributed by atoms with Gasteiger partial charge >= 0.3 is 0 Å². The van der Waals surface area contributed by atoms with E-state index in [9.17, 15) is 5.11 Å². The van der Waals surface area contributed by atoms with Gasteiger partial charge in [-0.2, -0.15) is 0 Å². The zero-order valence-corrected chi connectivity index (χ0v) is 7.25. The van der Waals surface area contributed by atoms with Gasteiger partial charge in [-0.15, -0.1) is 6.58 Å². The standard InChI is InChI=1S/C9H10ClNO/c1-2-8(11)7-5-6(10)3-4-9(7)12/h2-5,8,12H,1,11H2/t8-/m0/s1. The van der Waals surface area contributed by atoms with Gasteiger partial charge in [-0.05, 0) is 18.2 Å². The summed E-state index contributed by atoms with van der Waals surface area (Å²) < 4.78 is 0. The number of hydrogen-bond acceptors (Lipinski definition) is 2.